The molecule has 5 heteroatoms. The van der Waals surface area contributed by atoms with Crippen LogP contribution < -0.4 is 9.64 Å². The Bertz CT molecular complexity index is 779. The predicted octanol–water partition coefficient (Wildman–Crippen LogP) is 4.36. The molecule has 3 rings (SSSR count). The van der Waals surface area contributed by atoms with Gasteiger partial charge in [-0.3, -0.25) is 4.79 Å². The second kappa shape index (κ2) is 9.79. The van der Waals surface area contributed by atoms with E-state index in [1.165, 1.54) is 0 Å². The average molecular weight is 397 g/mol. The van der Waals surface area contributed by atoms with Crippen LogP contribution in [0.1, 0.15) is 42.6 Å². The van der Waals surface area contributed by atoms with Gasteiger partial charge in [0.2, 0.25) is 0 Å². The molecule has 1 atom stereocenters. The summed E-state index contributed by atoms with van der Waals surface area (Å²) in [5.41, 5.74) is 2.93. The molecule has 2 aromatic carbocycles. The largest absolute Gasteiger partial charge is 0.491 e. The first-order chi connectivity index (χ1) is 13.9. The lowest BCUT2D eigenvalue weighted by molar-refractivity contribution is 0.0507. The molecule has 2 aromatic rings. The van der Waals surface area contributed by atoms with Crippen molar-refractivity contribution >= 4 is 11.6 Å². The van der Waals surface area contributed by atoms with Crippen molar-refractivity contribution < 1.29 is 14.3 Å². The van der Waals surface area contributed by atoms with Crippen molar-refractivity contribution in [2.24, 2.45) is 0 Å². The highest BCUT2D eigenvalue weighted by atomic mass is 16.5. The number of anilines is 1. The Morgan fingerprint density at radius 1 is 1.10 bits per heavy atom. The van der Waals surface area contributed by atoms with Gasteiger partial charge < -0.3 is 19.3 Å². The van der Waals surface area contributed by atoms with Crippen LogP contribution in [-0.2, 0) is 11.3 Å². The standard InChI is InChI=1S/C24H32N2O3/c1-18(2)29-22-13-9-20(10-14-22)24(27)26(17-23-6-5-15-28-23)16-19-7-11-21(12-8-19)25(3)4/h7-14,18,23H,5-6,15-17H2,1-4H3. The number of hydrogen-bond donors (Lipinski definition) is 0. The minimum Gasteiger partial charge on any atom is -0.491 e. The number of hydrogen-bond acceptors (Lipinski definition) is 4. The predicted molar refractivity (Wildman–Crippen MR) is 117 cm³/mol. The zero-order valence-corrected chi connectivity index (χ0v) is 17.9. The maximum Gasteiger partial charge on any atom is 0.254 e. The summed E-state index contributed by atoms with van der Waals surface area (Å²) in [6.45, 7) is 5.94. The molecular formula is C24H32N2O3. The van der Waals surface area contributed by atoms with Crippen LogP contribution in [0.5, 0.6) is 5.75 Å². The SMILES string of the molecule is CC(C)Oc1ccc(C(=O)N(Cc2ccc(N(C)C)cc2)CC2CCCO2)cc1. The van der Waals surface area contributed by atoms with E-state index in [0.29, 0.717) is 18.7 Å². The van der Waals surface area contributed by atoms with Crippen molar-refractivity contribution in [1.29, 1.82) is 0 Å². The molecule has 1 fully saturated rings. The molecule has 0 N–H and O–H groups in total. The smallest absolute Gasteiger partial charge is 0.254 e. The van der Waals surface area contributed by atoms with Crippen molar-refractivity contribution in [2.45, 2.75) is 45.4 Å². The van der Waals surface area contributed by atoms with Gasteiger partial charge in [-0.2, -0.15) is 0 Å². The van der Waals surface area contributed by atoms with E-state index in [9.17, 15) is 4.79 Å². The maximum atomic E-state index is 13.3. The first kappa shape index (κ1) is 21.2. The molecule has 0 bridgehead atoms. The third kappa shape index (κ3) is 5.97. The summed E-state index contributed by atoms with van der Waals surface area (Å²) in [7, 11) is 4.05. The van der Waals surface area contributed by atoms with E-state index in [4.69, 9.17) is 9.47 Å². The van der Waals surface area contributed by atoms with Crippen LogP contribution in [0.25, 0.3) is 0 Å². The van der Waals surface area contributed by atoms with Crippen LogP contribution in [0.4, 0.5) is 5.69 Å². The van der Waals surface area contributed by atoms with Gasteiger partial charge in [0.15, 0.2) is 0 Å². The zero-order valence-electron chi connectivity index (χ0n) is 17.9. The number of carbonyl (C=O) groups excluding carboxylic acids is 1. The highest BCUT2D eigenvalue weighted by Crippen LogP contribution is 2.20. The quantitative estimate of drug-likeness (QED) is 0.665. The van der Waals surface area contributed by atoms with Gasteiger partial charge in [0.05, 0.1) is 12.2 Å². The molecule has 156 valence electrons. The summed E-state index contributed by atoms with van der Waals surface area (Å²) in [6, 6.07) is 15.8. The molecule has 1 amide bonds. The van der Waals surface area contributed by atoms with Crippen LogP contribution in [0.3, 0.4) is 0 Å². The van der Waals surface area contributed by atoms with Crippen LogP contribution in [0, 0.1) is 0 Å². The third-order valence-electron chi connectivity index (χ3n) is 5.03. The summed E-state index contributed by atoms with van der Waals surface area (Å²) in [4.78, 5) is 17.2. The fourth-order valence-electron chi connectivity index (χ4n) is 3.50. The fourth-order valence-corrected chi connectivity index (χ4v) is 3.50. The van der Waals surface area contributed by atoms with Crippen molar-refractivity contribution in [1.82, 2.24) is 4.90 Å². The van der Waals surface area contributed by atoms with Crippen molar-refractivity contribution in [3.8, 4) is 5.75 Å². The number of rotatable bonds is 8. The van der Waals surface area contributed by atoms with Gasteiger partial charge in [-0.1, -0.05) is 12.1 Å². The molecule has 1 aliphatic rings. The Balaban J connectivity index is 1.75. The van der Waals surface area contributed by atoms with Gasteiger partial charge in [-0.15, -0.1) is 0 Å². The zero-order chi connectivity index (χ0) is 20.8. The summed E-state index contributed by atoms with van der Waals surface area (Å²) in [5.74, 6) is 0.801. The van der Waals surface area contributed by atoms with Gasteiger partial charge in [-0.25, -0.2) is 0 Å². The first-order valence-electron chi connectivity index (χ1n) is 10.4. The van der Waals surface area contributed by atoms with Crippen LogP contribution >= 0.6 is 0 Å². The van der Waals surface area contributed by atoms with Crippen molar-refractivity contribution in [3.05, 3.63) is 59.7 Å². The number of ether oxygens (including phenoxy) is 2. The first-order valence-corrected chi connectivity index (χ1v) is 10.4. The molecule has 1 heterocycles. The molecule has 29 heavy (non-hydrogen) atoms. The Hall–Kier alpha value is -2.53. The number of benzene rings is 2. The van der Waals surface area contributed by atoms with Gasteiger partial charge in [0, 0.05) is 45.0 Å². The molecule has 5 nitrogen and oxygen atoms in total. The minimum absolute atomic E-state index is 0.0216. The summed E-state index contributed by atoms with van der Waals surface area (Å²) in [5, 5.41) is 0. The Labute approximate surface area is 174 Å². The minimum atomic E-state index is 0.0216. The summed E-state index contributed by atoms with van der Waals surface area (Å²) >= 11 is 0. The lowest BCUT2D eigenvalue weighted by Crippen LogP contribution is -2.37. The number of nitrogens with zero attached hydrogens (tertiary/aromatic N) is 2. The van der Waals surface area contributed by atoms with Gasteiger partial charge in [-0.05, 0) is 68.7 Å². The number of amides is 1. The van der Waals surface area contributed by atoms with Crippen molar-refractivity contribution in [3.63, 3.8) is 0 Å². The van der Waals surface area contributed by atoms with Gasteiger partial charge in [0.25, 0.3) is 5.91 Å². The van der Waals surface area contributed by atoms with Crippen LogP contribution in [0.15, 0.2) is 48.5 Å². The Morgan fingerprint density at radius 3 is 2.34 bits per heavy atom. The molecule has 1 saturated heterocycles. The van der Waals surface area contributed by atoms with E-state index in [2.05, 4.69) is 29.2 Å². The molecular weight excluding hydrogens is 364 g/mol. The van der Waals surface area contributed by atoms with Crippen molar-refractivity contribution in [2.75, 3.05) is 32.1 Å². The van der Waals surface area contributed by atoms with Gasteiger partial charge >= 0.3 is 0 Å². The summed E-state index contributed by atoms with van der Waals surface area (Å²) < 4.78 is 11.5. The molecule has 0 aromatic heterocycles. The number of carbonyl (C=O) groups is 1. The molecule has 0 saturated carbocycles. The fraction of sp³-hybridized carbons (Fsp3) is 0.458. The van der Waals surface area contributed by atoms with E-state index in [0.717, 1.165) is 36.4 Å². The topological polar surface area (TPSA) is 42.0 Å². The Kier molecular flexibility index (Phi) is 7.15. The van der Waals surface area contributed by atoms with E-state index in [-0.39, 0.29) is 18.1 Å². The van der Waals surface area contributed by atoms with Gasteiger partial charge in [0.1, 0.15) is 5.75 Å². The van der Waals surface area contributed by atoms with Crippen LogP contribution in [-0.4, -0.2) is 50.3 Å². The summed E-state index contributed by atoms with van der Waals surface area (Å²) in [6.07, 6.45) is 2.29. The molecule has 0 spiro atoms. The highest BCUT2D eigenvalue weighted by molar-refractivity contribution is 5.94. The second-order valence-corrected chi connectivity index (χ2v) is 8.07. The highest BCUT2D eigenvalue weighted by Gasteiger charge is 2.24. The lowest BCUT2D eigenvalue weighted by Gasteiger charge is -2.26. The average Bonchev–Trinajstić information content (AvgIpc) is 3.20. The molecule has 0 radical (unpaired) electrons. The molecule has 1 aliphatic heterocycles. The molecule has 1 unspecified atom stereocenters. The third-order valence-corrected chi connectivity index (χ3v) is 5.03. The second-order valence-electron chi connectivity index (χ2n) is 8.07. The monoisotopic (exact) mass is 396 g/mol. The van der Waals surface area contributed by atoms with E-state index in [1.54, 1.807) is 0 Å². The lowest BCUT2D eigenvalue weighted by atomic mass is 10.1. The van der Waals surface area contributed by atoms with E-state index >= 15 is 0 Å². The normalized spacial score (nSPS) is 16.1. The Morgan fingerprint density at radius 2 is 1.79 bits per heavy atom. The maximum absolute atomic E-state index is 13.3. The van der Waals surface area contributed by atoms with Crippen LogP contribution in [0.2, 0.25) is 0 Å². The van der Waals surface area contributed by atoms with E-state index < -0.39 is 0 Å². The molecule has 0 aliphatic carbocycles. The van der Waals surface area contributed by atoms with E-state index in [1.807, 2.05) is 57.1 Å².